The molecule has 2 N–H and O–H groups in total. The van der Waals surface area contributed by atoms with Gasteiger partial charge in [0.15, 0.2) is 5.54 Å². The molecule has 0 saturated heterocycles. The average molecular weight is 309 g/mol. The van der Waals surface area contributed by atoms with Gasteiger partial charge in [0, 0.05) is 13.0 Å². The molecule has 0 fully saturated rings. The fourth-order valence-corrected chi connectivity index (χ4v) is 1.84. The van der Waals surface area contributed by atoms with E-state index in [0.29, 0.717) is 13.0 Å². The van der Waals surface area contributed by atoms with E-state index >= 15 is 0 Å². The van der Waals surface area contributed by atoms with Crippen LogP contribution in [0.15, 0.2) is 30.3 Å². The Bertz CT molecular complexity index is 491. The number of carbonyl (C=O) groups is 2. The summed E-state index contributed by atoms with van der Waals surface area (Å²) in [5.74, 6) is -1.09. The highest BCUT2D eigenvalue weighted by atomic mass is 16.5. The van der Waals surface area contributed by atoms with E-state index in [-0.39, 0.29) is 18.4 Å². The largest absolute Gasteiger partial charge is 0.494 e. The zero-order chi connectivity index (χ0) is 16.6. The molecule has 0 radical (unpaired) electrons. The van der Waals surface area contributed by atoms with Crippen molar-refractivity contribution >= 4 is 11.9 Å². The Morgan fingerprint density at radius 3 is 2.50 bits per heavy atom. The number of carboxylic acids is 1. The van der Waals surface area contributed by atoms with E-state index in [1.54, 1.807) is 6.92 Å². The van der Waals surface area contributed by atoms with Crippen LogP contribution in [0.25, 0.3) is 0 Å². The SMILES string of the molecule is COCC(C)(NC(=O)C(C)CCOc1ccccc1)C(=O)O. The lowest BCUT2D eigenvalue weighted by Gasteiger charge is -2.27. The first-order valence-electron chi connectivity index (χ1n) is 7.11. The third kappa shape index (κ3) is 5.37. The van der Waals surface area contributed by atoms with Gasteiger partial charge in [-0.25, -0.2) is 4.79 Å². The molecule has 0 spiro atoms. The van der Waals surface area contributed by atoms with Gasteiger partial charge in [0.05, 0.1) is 13.2 Å². The van der Waals surface area contributed by atoms with Crippen LogP contribution in [0.5, 0.6) is 5.75 Å². The summed E-state index contributed by atoms with van der Waals surface area (Å²) in [4.78, 5) is 23.3. The topological polar surface area (TPSA) is 84.9 Å². The molecule has 0 heterocycles. The zero-order valence-electron chi connectivity index (χ0n) is 13.2. The Balaban J connectivity index is 2.45. The Morgan fingerprint density at radius 1 is 1.32 bits per heavy atom. The predicted octanol–water partition coefficient (Wildman–Crippen LogP) is 1.70. The summed E-state index contributed by atoms with van der Waals surface area (Å²) in [5.41, 5.74) is -1.43. The number of carboxylic acid groups (broad SMARTS) is 1. The standard InChI is InChI=1S/C16H23NO5/c1-12(9-10-22-13-7-5-4-6-8-13)14(18)17-16(2,11-21-3)15(19)20/h4-8,12H,9-11H2,1-3H3,(H,17,18)(H,19,20). The molecule has 0 saturated carbocycles. The smallest absolute Gasteiger partial charge is 0.331 e. The molecular formula is C16H23NO5. The quantitative estimate of drug-likeness (QED) is 0.725. The summed E-state index contributed by atoms with van der Waals surface area (Å²) < 4.78 is 10.4. The van der Waals surface area contributed by atoms with Gasteiger partial charge in [-0.05, 0) is 25.5 Å². The molecule has 1 amide bonds. The average Bonchev–Trinajstić information content (AvgIpc) is 2.48. The Labute approximate surface area is 130 Å². The van der Waals surface area contributed by atoms with E-state index in [4.69, 9.17) is 9.47 Å². The van der Waals surface area contributed by atoms with E-state index < -0.39 is 11.5 Å². The van der Waals surface area contributed by atoms with Gasteiger partial charge in [0.2, 0.25) is 5.91 Å². The van der Waals surface area contributed by atoms with Gasteiger partial charge < -0.3 is 19.9 Å². The molecule has 2 atom stereocenters. The number of methoxy groups -OCH3 is 1. The van der Waals surface area contributed by atoms with Gasteiger partial charge in [-0.1, -0.05) is 25.1 Å². The highest BCUT2D eigenvalue weighted by Crippen LogP contribution is 2.12. The molecular weight excluding hydrogens is 286 g/mol. The molecule has 0 aliphatic heterocycles. The van der Waals surface area contributed by atoms with E-state index in [9.17, 15) is 14.7 Å². The van der Waals surface area contributed by atoms with Crippen molar-refractivity contribution in [2.75, 3.05) is 20.3 Å². The first-order valence-corrected chi connectivity index (χ1v) is 7.11. The third-order valence-electron chi connectivity index (χ3n) is 3.31. The minimum Gasteiger partial charge on any atom is -0.494 e. The van der Waals surface area contributed by atoms with Crippen LogP contribution in [0.2, 0.25) is 0 Å². The Morgan fingerprint density at radius 2 is 1.95 bits per heavy atom. The summed E-state index contributed by atoms with van der Waals surface area (Å²) in [6.07, 6.45) is 0.489. The lowest BCUT2D eigenvalue weighted by Crippen LogP contribution is -2.56. The van der Waals surface area contributed by atoms with Crippen LogP contribution in [-0.2, 0) is 14.3 Å². The molecule has 1 aromatic carbocycles. The second kappa shape index (κ2) is 8.38. The van der Waals surface area contributed by atoms with E-state index in [2.05, 4.69) is 5.32 Å². The second-order valence-corrected chi connectivity index (χ2v) is 5.41. The summed E-state index contributed by atoms with van der Waals surface area (Å²) in [5, 5.41) is 11.7. The Hall–Kier alpha value is -2.08. The molecule has 122 valence electrons. The minimum atomic E-state index is -1.43. The molecule has 6 heteroatoms. The summed E-state index contributed by atoms with van der Waals surface area (Å²) in [6, 6.07) is 9.31. The van der Waals surface area contributed by atoms with Crippen molar-refractivity contribution < 1.29 is 24.2 Å². The fourth-order valence-electron chi connectivity index (χ4n) is 1.84. The third-order valence-corrected chi connectivity index (χ3v) is 3.31. The molecule has 22 heavy (non-hydrogen) atoms. The van der Waals surface area contributed by atoms with Crippen molar-refractivity contribution in [2.24, 2.45) is 5.92 Å². The van der Waals surface area contributed by atoms with Crippen molar-refractivity contribution in [1.29, 1.82) is 0 Å². The monoisotopic (exact) mass is 309 g/mol. The number of rotatable bonds is 9. The number of para-hydroxylation sites is 1. The zero-order valence-corrected chi connectivity index (χ0v) is 13.2. The molecule has 2 unspecified atom stereocenters. The molecule has 0 aliphatic rings. The molecule has 0 bridgehead atoms. The molecule has 6 nitrogen and oxygen atoms in total. The highest BCUT2D eigenvalue weighted by Gasteiger charge is 2.36. The number of nitrogens with one attached hydrogen (secondary N) is 1. The first kappa shape index (κ1) is 18.0. The predicted molar refractivity (Wildman–Crippen MR) is 81.8 cm³/mol. The van der Waals surface area contributed by atoms with E-state index in [0.717, 1.165) is 5.75 Å². The number of ether oxygens (including phenoxy) is 2. The maximum Gasteiger partial charge on any atom is 0.331 e. The Kier molecular flexibility index (Phi) is 6.85. The van der Waals surface area contributed by atoms with Crippen LogP contribution in [-0.4, -0.2) is 42.8 Å². The van der Waals surface area contributed by atoms with Crippen LogP contribution >= 0.6 is 0 Å². The normalized spacial score (nSPS) is 14.7. The van der Waals surface area contributed by atoms with Gasteiger partial charge in [-0.3, -0.25) is 4.79 Å². The maximum absolute atomic E-state index is 12.1. The van der Waals surface area contributed by atoms with Gasteiger partial charge in [0.1, 0.15) is 5.75 Å². The van der Waals surface area contributed by atoms with Gasteiger partial charge >= 0.3 is 5.97 Å². The molecule has 0 aliphatic carbocycles. The summed E-state index contributed by atoms with van der Waals surface area (Å²) in [6.45, 7) is 3.44. The number of carbonyl (C=O) groups excluding carboxylic acids is 1. The highest BCUT2D eigenvalue weighted by molar-refractivity contribution is 5.87. The number of hydrogen-bond donors (Lipinski definition) is 2. The number of hydrogen-bond acceptors (Lipinski definition) is 4. The minimum absolute atomic E-state index is 0.0959. The van der Waals surface area contributed by atoms with Gasteiger partial charge in [0.25, 0.3) is 0 Å². The van der Waals surface area contributed by atoms with Crippen LogP contribution in [0.4, 0.5) is 0 Å². The van der Waals surface area contributed by atoms with Crippen LogP contribution in [0.3, 0.4) is 0 Å². The lowest BCUT2D eigenvalue weighted by atomic mass is 10.0. The number of benzene rings is 1. The van der Waals surface area contributed by atoms with Crippen molar-refractivity contribution in [1.82, 2.24) is 5.32 Å². The second-order valence-electron chi connectivity index (χ2n) is 5.41. The fraction of sp³-hybridized carbons (Fsp3) is 0.500. The summed E-state index contributed by atoms with van der Waals surface area (Å²) in [7, 11) is 1.39. The number of amides is 1. The van der Waals surface area contributed by atoms with Crippen LogP contribution in [0.1, 0.15) is 20.3 Å². The molecule has 1 aromatic rings. The van der Waals surface area contributed by atoms with Crippen molar-refractivity contribution in [3.63, 3.8) is 0 Å². The van der Waals surface area contributed by atoms with Crippen LogP contribution in [0, 0.1) is 5.92 Å². The first-order chi connectivity index (χ1) is 10.4. The van der Waals surface area contributed by atoms with E-state index in [1.807, 2.05) is 30.3 Å². The summed E-state index contributed by atoms with van der Waals surface area (Å²) >= 11 is 0. The van der Waals surface area contributed by atoms with Crippen molar-refractivity contribution in [3.8, 4) is 5.75 Å². The van der Waals surface area contributed by atoms with E-state index in [1.165, 1.54) is 14.0 Å². The lowest BCUT2D eigenvalue weighted by molar-refractivity contribution is -0.149. The van der Waals surface area contributed by atoms with Crippen molar-refractivity contribution in [3.05, 3.63) is 30.3 Å². The molecule has 0 aromatic heterocycles. The number of aliphatic carboxylic acids is 1. The van der Waals surface area contributed by atoms with Gasteiger partial charge in [-0.2, -0.15) is 0 Å². The molecule has 1 rings (SSSR count). The van der Waals surface area contributed by atoms with Gasteiger partial charge in [-0.15, -0.1) is 0 Å². The maximum atomic E-state index is 12.1. The van der Waals surface area contributed by atoms with Crippen LogP contribution < -0.4 is 10.1 Å². The van der Waals surface area contributed by atoms with Crippen molar-refractivity contribution in [2.45, 2.75) is 25.8 Å².